The molecule has 0 aliphatic heterocycles. The van der Waals surface area contributed by atoms with Crippen LogP contribution in [0, 0.1) is 11.8 Å². The van der Waals surface area contributed by atoms with Gasteiger partial charge in [0.05, 0.1) is 5.69 Å². The molecule has 0 amide bonds. The second-order valence-electron chi connectivity index (χ2n) is 4.69. The van der Waals surface area contributed by atoms with E-state index in [1.165, 1.54) is 5.56 Å². The Kier molecular flexibility index (Phi) is 4.45. The summed E-state index contributed by atoms with van der Waals surface area (Å²) < 4.78 is 0. The van der Waals surface area contributed by atoms with Crippen molar-refractivity contribution in [3.63, 3.8) is 0 Å². The molecule has 3 aromatic rings. The SMILES string of the molecule is C(#Cc1nc(-c2ccccc2)cs1)CCc1ccccc1. The van der Waals surface area contributed by atoms with E-state index in [9.17, 15) is 0 Å². The van der Waals surface area contributed by atoms with Gasteiger partial charge in [0.2, 0.25) is 0 Å². The molecule has 3 rings (SSSR count). The topological polar surface area (TPSA) is 12.9 Å². The maximum atomic E-state index is 4.57. The lowest BCUT2D eigenvalue weighted by atomic mass is 10.1. The fourth-order valence-corrected chi connectivity index (χ4v) is 2.76. The predicted octanol–water partition coefficient (Wildman–Crippen LogP) is 4.79. The number of rotatable bonds is 3. The Morgan fingerprint density at radius 3 is 2.38 bits per heavy atom. The molecule has 0 fully saturated rings. The molecular weight excluding hydrogens is 274 g/mol. The van der Waals surface area contributed by atoms with Gasteiger partial charge in [0, 0.05) is 17.4 Å². The standard InChI is InChI=1S/C19H15NS/c1-3-9-16(10-4-1)11-7-8-14-19-20-18(15-21-19)17-12-5-2-6-13-17/h1-6,9-10,12-13,15H,7,11H2. The summed E-state index contributed by atoms with van der Waals surface area (Å²) >= 11 is 1.61. The van der Waals surface area contributed by atoms with Gasteiger partial charge in [0.1, 0.15) is 0 Å². The van der Waals surface area contributed by atoms with Crippen molar-refractivity contribution in [3.8, 4) is 23.1 Å². The molecule has 1 nitrogen and oxygen atoms in total. The van der Waals surface area contributed by atoms with Gasteiger partial charge in [0.25, 0.3) is 0 Å². The molecule has 0 unspecified atom stereocenters. The van der Waals surface area contributed by atoms with E-state index >= 15 is 0 Å². The molecule has 1 heterocycles. The van der Waals surface area contributed by atoms with E-state index in [1.807, 2.05) is 24.3 Å². The molecule has 0 radical (unpaired) electrons. The second kappa shape index (κ2) is 6.88. The predicted molar refractivity (Wildman–Crippen MR) is 89.2 cm³/mol. The molecule has 0 saturated heterocycles. The van der Waals surface area contributed by atoms with Crippen LogP contribution in [-0.4, -0.2) is 4.98 Å². The molecule has 0 aliphatic carbocycles. The van der Waals surface area contributed by atoms with Crippen LogP contribution in [0.3, 0.4) is 0 Å². The lowest BCUT2D eigenvalue weighted by Crippen LogP contribution is -1.82. The fourth-order valence-electron chi connectivity index (χ4n) is 2.06. The Balaban J connectivity index is 1.62. The van der Waals surface area contributed by atoms with Crippen LogP contribution in [0.15, 0.2) is 66.0 Å². The minimum Gasteiger partial charge on any atom is -0.228 e. The number of aryl methyl sites for hydroxylation is 1. The summed E-state index contributed by atoms with van der Waals surface area (Å²) in [5.74, 6) is 6.38. The highest BCUT2D eigenvalue weighted by molar-refractivity contribution is 7.10. The highest BCUT2D eigenvalue weighted by Crippen LogP contribution is 2.20. The minimum atomic E-state index is 0.865. The number of hydrogen-bond donors (Lipinski definition) is 0. The first-order chi connectivity index (χ1) is 10.4. The summed E-state index contributed by atoms with van der Waals surface area (Å²) in [7, 11) is 0. The van der Waals surface area contributed by atoms with Gasteiger partial charge in [-0.15, -0.1) is 11.3 Å². The average molecular weight is 289 g/mol. The van der Waals surface area contributed by atoms with E-state index in [0.717, 1.165) is 29.1 Å². The van der Waals surface area contributed by atoms with Gasteiger partial charge < -0.3 is 0 Å². The first-order valence-corrected chi connectivity index (χ1v) is 7.83. The molecule has 2 heteroatoms. The van der Waals surface area contributed by atoms with Crippen LogP contribution < -0.4 is 0 Å². The number of benzene rings is 2. The molecule has 21 heavy (non-hydrogen) atoms. The van der Waals surface area contributed by atoms with Crippen LogP contribution >= 0.6 is 11.3 Å². The Hall–Kier alpha value is -2.37. The van der Waals surface area contributed by atoms with Crippen molar-refractivity contribution in [2.24, 2.45) is 0 Å². The average Bonchev–Trinajstić information content (AvgIpc) is 3.02. The van der Waals surface area contributed by atoms with E-state index in [0.29, 0.717) is 0 Å². The molecule has 0 aliphatic rings. The van der Waals surface area contributed by atoms with Gasteiger partial charge in [-0.25, -0.2) is 4.98 Å². The van der Waals surface area contributed by atoms with E-state index < -0.39 is 0 Å². The monoisotopic (exact) mass is 289 g/mol. The third-order valence-corrected chi connectivity index (χ3v) is 3.91. The van der Waals surface area contributed by atoms with Crippen molar-refractivity contribution in [3.05, 3.63) is 76.6 Å². The molecule has 0 spiro atoms. The van der Waals surface area contributed by atoms with Crippen molar-refractivity contribution in [1.29, 1.82) is 0 Å². The molecule has 0 bridgehead atoms. The van der Waals surface area contributed by atoms with Crippen molar-refractivity contribution in [1.82, 2.24) is 4.98 Å². The molecule has 0 N–H and O–H groups in total. The minimum absolute atomic E-state index is 0.865. The number of nitrogens with zero attached hydrogens (tertiary/aromatic N) is 1. The zero-order valence-corrected chi connectivity index (χ0v) is 12.4. The summed E-state index contributed by atoms with van der Waals surface area (Å²) in [4.78, 5) is 4.57. The Labute approximate surface area is 129 Å². The lowest BCUT2D eigenvalue weighted by molar-refractivity contribution is 1.03. The van der Waals surface area contributed by atoms with Crippen molar-refractivity contribution < 1.29 is 0 Å². The van der Waals surface area contributed by atoms with Crippen LogP contribution in [0.4, 0.5) is 0 Å². The summed E-state index contributed by atoms with van der Waals surface area (Å²) in [6.45, 7) is 0. The molecule has 0 atom stereocenters. The highest BCUT2D eigenvalue weighted by atomic mass is 32.1. The molecule has 1 aromatic heterocycles. The normalized spacial score (nSPS) is 9.90. The lowest BCUT2D eigenvalue weighted by Gasteiger charge is -1.94. The van der Waals surface area contributed by atoms with Gasteiger partial charge in [-0.2, -0.15) is 0 Å². The summed E-state index contributed by atoms with van der Waals surface area (Å²) in [5, 5.41) is 2.96. The zero-order chi connectivity index (χ0) is 14.3. The third kappa shape index (κ3) is 3.81. The largest absolute Gasteiger partial charge is 0.228 e. The van der Waals surface area contributed by atoms with Gasteiger partial charge in [-0.05, 0) is 17.9 Å². The zero-order valence-electron chi connectivity index (χ0n) is 11.6. The van der Waals surface area contributed by atoms with Crippen molar-refractivity contribution >= 4 is 11.3 Å². The number of aromatic nitrogens is 1. The summed E-state index contributed by atoms with van der Waals surface area (Å²) in [6, 6.07) is 20.7. The van der Waals surface area contributed by atoms with Crippen molar-refractivity contribution in [2.75, 3.05) is 0 Å². The van der Waals surface area contributed by atoms with E-state index in [4.69, 9.17) is 0 Å². The number of thiazole rings is 1. The van der Waals surface area contributed by atoms with Gasteiger partial charge >= 0.3 is 0 Å². The van der Waals surface area contributed by atoms with Gasteiger partial charge in [-0.3, -0.25) is 0 Å². The van der Waals surface area contributed by atoms with Crippen LogP contribution in [0.2, 0.25) is 0 Å². The maximum absolute atomic E-state index is 4.57. The summed E-state index contributed by atoms with van der Waals surface area (Å²) in [6.07, 6.45) is 1.86. The Morgan fingerprint density at radius 1 is 0.905 bits per heavy atom. The fraction of sp³-hybridized carbons (Fsp3) is 0.105. The van der Waals surface area contributed by atoms with E-state index in [1.54, 1.807) is 11.3 Å². The van der Waals surface area contributed by atoms with Crippen LogP contribution in [0.5, 0.6) is 0 Å². The van der Waals surface area contributed by atoms with Crippen molar-refractivity contribution in [2.45, 2.75) is 12.8 Å². The van der Waals surface area contributed by atoms with Crippen LogP contribution in [-0.2, 0) is 6.42 Å². The van der Waals surface area contributed by atoms with E-state index in [-0.39, 0.29) is 0 Å². The Morgan fingerprint density at radius 2 is 1.62 bits per heavy atom. The Bertz CT molecular complexity index is 748. The molecule has 0 saturated carbocycles. The maximum Gasteiger partial charge on any atom is 0.167 e. The van der Waals surface area contributed by atoms with E-state index in [2.05, 4.69) is 58.6 Å². The molecule has 2 aromatic carbocycles. The first-order valence-electron chi connectivity index (χ1n) is 6.95. The second-order valence-corrected chi connectivity index (χ2v) is 5.55. The van der Waals surface area contributed by atoms with Gasteiger partial charge in [0.15, 0.2) is 5.01 Å². The third-order valence-electron chi connectivity index (χ3n) is 3.15. The quantitative estimate of drug-likeness (QED) is 0.631. The molecule has 102 valence electrons. The van der Waals surface area contributed by atoms with Crippen LogP contribution in [0.1, 0.15) is 17.0 Å². The van der Waals surface area contributed by atoms with Gasteiger partial charge in [-0.1, -0.05) is 66.6 Å². The smallest absolute Gasteiger partial charge is 0.167 e. The molecular formula is C19H15NS. The van der Waals surface area contributed by atoms with Crippen LogP contribution in [0.25, 0.3) is 11.3 Å². The highest BCUT2D eigenvalue weighted by Gasteiger charge is 2.01. The number of hydrogen-bond acceptors (Lipinski definition) is 2. The summed E-state index contributed by atoms with van der Waals surface area (Å²) in [5.41, 5.74) is 3.48. The first kappa shape index (κ1) is 13.6.